The van der Waals surface area contributed by atoms with Crippen LogP contribution >= 0.6 is 11.3 Å². The molecule has 1 amide bonds. The molecule has 0 spiro atoms. The number of carbonyl (C=O) groups is 1. The van der Waals surface area contributed by atoms with Crippen LogP contribution in [0.25, 0.3) is 16.9 Å². The Kier molecular flexibility index (Phi) is 6.11. The van der Waals surface area contributed by atoms with Crippen molar-refractivity contribution in [3.05, 3.63) is 70.3 Å². The van der Waals surface area contributed by atoms with Gasteiger partial charge in [0.15, 0.2) is 0 Å². The molecule has 0 atom stereocenters. The van der Waals surface area contributed by atoms with Crippen molar-refractivity contribution in [3.8, 4) is 16.9 Å². The summed E-state index contributed by atoms with van der Waals surface area (Å²) in [5, 5.41) is 6.28. The largest absolute Gasteiger partial charge is 1.00 e. The van der Waals surface area contributed by atoms with Crippen LogP contribution < -0.4 is 27.2 Å². The van der Waals surface area contributed by atoms with E-state index in [9.17, 15) is 4.79 Å². The second kappa shape index (κ2) is 8.08. The third-order valence-corrected chi connectivity index (χ3v) is 4.20. The molecule has 1 heterocycles. The van der Waals surface area contributed by atoms with E-state index in [1.807, 2.05) is 34.9 Å². The van der Waals surface area contributed by atoms with Gasteiger partial charge in [0.1, 0.15) is 0 Å². The summed E-state index contributed by atoms with van der Waals surface area (Å²) in [7, 11) is 0. The predicted octanol–water partition coefficient (Wildman–Crippen LogP) is 0.470. The molecule has 0 bridgehead atoms. The van der Waals surface area contributed by atoms with Gasteiger partial charge in [-0.15, -0.1) is 16.4 Å². The molecule has 0 aliphatic carbocycles. The molecule has 1 aromatic heterocycles. The van der Waals surface area contributed by atoms with Crippen LogP contribution in [0.5, 0.6) is 0 Å². The Balaban J connectivity index is 0.00000208. The second-order valence-electron chi connectivity index (χ2n) is 5.22. The number of hydrogen-bond acceptors (Lipinski definition) is 3. The van der Waals surface area contributed by atoms with Gasteiger partial charge >= 0.3 is 0 Å². The molecular weight excluding hydrogens is 386 g/mol. The number of thiazole rings is 1. The minimum atomic E-state index is -0.185. The van der Waals surface area contributed by atoms with Crippen molar-refractivity contribution >= 4 is 17.2 Å². The van der Waals surface area contributed by atoms with Crippen molar-refractivity contribution in [2.45, 2.75) is 13.8 Å². The number of aromatic nitrogens is 1. The maximum atomic E-state index is 11.2. The van der Waals surface area contributed by atoms with Crippen molar-refractivity contribution in [1.29, 1.82) is 0 Å². The number of benzene rings is 2. The molecule has 24 heavy (non-hydrogen) atoms. The van der Waals surface area contributed by atoms with Crippen LogP contribution in [0.1, 0.15) is 12.5 Å². The first-order chi connectivity index (χ1) is 11.1. The molecule has 1 N–H and O–H groups in total. The van der Waals surface area contributed by atoms with Crippen LogP contribution in [0, 0.1) is 6.92 Å². The highest BCUT2D eigenvalue weighted by Gasteiger charge is 2.10. The lowest BCUT2D eigenvalue weighted by Crippen LogP contribution is -3.00. The summed E-state index contributed by atoms with van der Waals surface area (Å²) in [6.45, 7) is 3.52. The normalized spacial score (nSPS) is 11.0. The molecule has 3 rings (SSSR count). The fourth-order valence-corrected chi connectivity index (χ4v) is 3.13. The first-order valence-corrected chi connectivity index (χ1v) is 8.16. The molecule has 2 aromatic carbocycles. The highest BCUT2D eigenvalue weighted by atomic mass is 79.9. The lowest BCUT2D eigenvalue weighted by Gasteiger charge is -2.09. The first kappa shape index (κ1) is 18.2. The molecule has 0 saturated carbocycles. The molecule has 3 aromatic rings. The van der Waals surface area contributed by atoms with Crippen LogP contribution in [0.2, 0.25) is 0 Å². The number of halogens is 1. The fraction of sp³-hybridized carbons (Fsp3) is 0.111. The highest BCUT2D eigenvalue weighted by Crippen LogP contribution is 2.23. The lowest BCUT2D eigenvalue weighted by molar-refractivity contribution is -0.119. The monoisotopic (exact) mass is 402 g/mol. The highest BCUT2D eigenvalue weighted by molar-refractivity contribution is 7.07. The van der Waals surface area contributed by atoms with Crippen LogP contribution in [-0.2, 0) is 4.79 Å². The van der Waals surface area contributed by atoms with Gasteiger partial charge in [0.2, 0.25) is 10.7 Å². The maximum Gasteiger partial charge on any atom is 0.237 e. The number of amides is 1. The molecule has 6 heteroatoms. The summed E-state index contributed by atoms with van der Waals surface area (Å²) in [6.07, 6.45) is 0. The van der Waals surface area contributed by atoms with E-state index in [1.165, 1.54) is 23.8 Å². The molecule has 0 unspecified atom stereocenters. The summed E-state index contributed by atoms with van der Waals surface area (Å²) in [4.78, 5) is 11.9. The molecule has 0 fully saturated rings. The fourth-order valence-electron chi connectivity index (χ4n) is 2.27. The first-order valence-electron chi connectivity index (χ1n) is 7.28. The van der Waals surface area contributed by atoms with Gasteiger partial charge in [-0.3, -0.25) is 9.36 Å². The minimum Gasteiger partial charge on any atom is -1.00 e. The van der Waals surface area contributed by atoms with E-state index in [-0.39, 0.29) is 22.9 Å². The molecule has 0 aliphatic heterocycles. The average molecular weight is 403 g/mol. The van der Waals surface area contributed by atoms with Crippen molar-refractivity contribution < 1.29 is 21.8 Å². The van der Waals surface area contributed by atoms with Crippen molar-refractivity contribution in [3.63, 3.8) is 0 Å². The summed E-state index contributed by atoms with van der Waals surface area (Å²) in [5.74, 6) is -0.185. The van der Waals surface area contributed by atoms with Crippen molar-refractivity contribution in [2.24, 2.45) is 5.10 Å². The van der Waals surface area contributed by atoms with E-state index >= 15 is 0 Å². The molecule has 0 radical (unpaired) electrons. The summed E-state index contributed by atoms with van der Waals surface area (Å²) in [5.41, 5.74) is 6.91. The number of rotatable bonds is 3. The third-order valence-electron chi connectivity index (χ3n) is 3.38. The van der Waals surface area contributed by atoms with Crippen molar-refractivity contribution in [2.75, 3.05) is 0 Å². The number of para-hydroxylation sites is 1. The molecule has 0 aliphatic rings. The Morgan fingerprint density at radius 2 is 1.75 bits per heavy atom. The Hall–Kier alpha value is -2.18. The van der Waals surface area contributed by atoms with E-state index in [2.05, 4.69) is 47.1 Å². The molecule has 0 saturated heterocycles. The minimum absolute atomic E-state index is 0. The van der Waals surface area contributed by atoms with Crippen LogP contribution in [0.15, 0.2) is 65.1 Å². The Bertz CT molecular complexity index is 883. The SMILES string of the molecule is CC(=O)N/N=c1/scc(-c2ccc(C)cc2)n1-c1ccccc1.[Br-]. The van der Waals surface area contributed by atoms with Crippen LogP contribution in [0.4, 0.5) is 0 Å². The van der Waals surface area contributed by atoms with Gasteiger partial charge < -0.3 is 17.0 Å². The zero-order valence-electron chi connectivity index (χ0n) is 13.4. The third kappa shape index (κ3) is 4.01. The van der Waals surface area contributed by atoms with Gasteiger partial charge in [-0.05, 0) is 24.6 Å². The number of carbonyl (C=O) groups excluding carboxylic acids is 1. The number of nitrogens with one attached hydrogen (secondary N) is 1. The Morgan fingerprint density at radius 3 is 2.38 bits per heavy atom. The Morgan fingerprint density at radius 1 is 1.08 bits per heavy atom. The predicted molar refractivity (Wildman–Crippen MR) is 93.2 cm³/mol. The van der Waals surface area contributed by atoms with E-state index in [4.69, 9.17) is 0 Å². The number of nitrogens with zero attached hydrogens (tertiary/aromatic N) is 2. The van der Waals surface area contributed by atoms with Crippen LogP contribution in [-0.4, -0.2) is 10.5 Å². The standard InChI is InChI=1S/C18H17N3OS.BrH/c1-13-8-10-15(11-9-13)17-12-23-18(20-19-14(2)22)21(17)16-6-4-3-5-7-16;/h3-12H,1-2H3,(H,19,22);1H/p-1/b20-18+;. The van der Waals surface area contributed by atoms with E-state index in [1.54, 1.807) is 0 Å². The van der Waals surface area contributed by atoms with Crippen LogP contribution in [0.3, 0.4) is 0 Å². The van der Waals surface area contributed by atoms with Gasteiger partial charge in [0.05, 0.1) is 5.69 Å². The summed E-state index contributed by atoms with van der Waals surface area (Å²) in [6, 6.07) is 18.4. The average Bonchev–Trinajstić information content (AvgIpc) is 2.98. The zero-order chi connectivity index (χ0) is 16.2. The number of aryl methyl sites for hydroxylation is 1. The molecule has 4 nitrogen and oxygen atoms in total. The van der Waals surface area contributed by atoms with Gasteiger partial charge in [-0.1, -0.05) is 48.0 Å². The van der Waals surface area contributed by atoms with Gasteiger partial charge in [0.25, 0.3) is 0 Å². The van der Waals surface area contributed by atoms with Crippen molar-refractivity contribution in [1.82, 2.24) is 9.99 Å². The zero-order valence-corrected chi connectivity index (χ0v) is 15.8. The van der Waals surface area contributed by atoms with E-state index < -0.39 is 0 Å². The number of hydrogen-bond donors (Lipinski definition) is 1. The van der Waals surface area contributed by atoms with E-state index in [0.29, 0.717) is 0 Å². The van der Waals surface area contributed by atoms with Gasteiger partial charge in [-0.2, -0.15) is 0 Å². The molecular formula is C18H17BrN3OS-. The van der Waals surface area contributed by atoms with E-state index in [0.717, 1.165) is 21.7 Å². The second-order valence-corrected chi connectivity index (χ2v) is 6.06. The summed E-state index contributed by atoms with van der Waals surface area (Å²) >= 11 is 1.49. The quantitative estimate of drug-likeness (QED) is 0.636. The van der Waals surface area contributed by atoms with Gasteiger partial charge in [0, 0.05) is 18.0 Å². The summed E-state index contributed by atoms with van der Waals surface area (Å²) < 4.78 is 2.05. The topological polar surface area (TPSA) is 46.4 Å². The molecule has 124 valence electrons. The Labute approximate surface area is 155 Å². The van der Waals surface area contributed by atoms with Gasteiger partial charge in [-0.25, -0.2) is 5.43 Å². The maximum absolute atomic E-state index is 11.2. The smallest absolute Gasteiger partial charge is 0.237 e. The lowest BCUT2D eigenvalue weighted by atomic mass is 10.1.